The van der Waals surface area contributed by atoms with Crippen LogP contribution in [0.25, 0.3) is 28.3 Å². The average molecular weight is 805 g/mol. The molecule has 314 valence electrons. The van der Waals surface area contributed by atoms with E-state index in [1.807, 2.05) is 67.7 Å². The van der Waals surface area contributed by atoms with E-state index in [-0.39, 0.29) is 11.9 Å². The van der Waals surface area contributed by atoms with Crippen molar-refractivity contribution in [1.82, 2.24) is 45.3 Å². The van der Waals surface area contributed by atoms with Crippen LogP contribution in [0.2, 0.25) is 0 Å². The van der Waals surface area contributed by atoms with Gasteiger partial charge in [-0.1, -0.05) is 75.4 Å². The number of ether oxygens (including phenoxy) is 1. The Hall–Kier alpha value is -6.17. The molecule has 0 unspecified atom stereocenters. The van der Waals surface area contributed by atoms with Gasteiger partial charge in [0.05, 0.1) is 36.8 Å². The summed E-state index contributed by atoms with van der Waals surface area (Å²) in [5.74, 6) is 1.44. The van der Waals surface area contributed by atoms with Crippen LogP contribution in [0.1, 0.15) is 76.0 Å². The molecule has 1 saturated heterocycles. The Morgan fingerprint density at radius 1 is 1.02 bits per heavy atom. The highest BCUT2D eigenvalue weighted by atomic mass is 16.5. The van der Waals surface area contributed by atoms with Gasteiger partial charge in [0.25, 0.3) is 0 Å². The van der Waals surface area contributed by atoms with Crippen molar-refractivity contribution in [2.24, 2.45) is 4.99 Å². The summed E-state index contributed by atoms with van der Waals surface area (Å²) in [6.07, 6.45) is 18.5. The van der Waals surface area contributed by atoms with E-state index in [1.54, 1.807) is 30.4 Å². The lowest BCUT2D eigenvalue weighted by molar-refractivity contribution is -0.132. The molecule has 3 N–H and O–H groups in total. The third-order valence-electron chi connectivity index (χ3n) is 9.94. The van der Waals surface area contributed by atoms with E-state index < -0.39 is 12.1 Å². The number of aldehydes is 1. The van der Waals surface area contributed by atoms with Gasteiger partial charge in [0.2, 0.25) is 5.91 Å². The number of amides is 2. The normalized spacial score (nSPS) is 14.7. The van der Waals surface area contributed by atoms with Gasteiger partial charge in [-0.25, -0.2) is 19.7 Å². The van der Waals surface area contributed by atoms with E-state index in [0.29, 0.717) is 42.8 Å². The van der Waals surface area contributed by atoms with Crippen LogP contribution < -0.4 is 10.6 Å². The highest BCUT2D eigenvalue weighted by Gasteiger charge is 2.25. The summed E-state index contributed by atoms with van der Waals surface area (Å²) in [6.45, 7) is 15.8. The number of hydrogen-bond donors (Lipinski definition) is 3. The first-order valence-electron chi connectivity index (χ1n) is 20.0. The highest BCUT2D eigenvalue weighted by molar-refractivity contribution is 5.85. The molecule has 14 nitrogen and oxygen atoms in total. The van der Waals surface area contributed by atoms with Crippen LogP contribution in [0.15, 0.2) is 84.4 Å². The van der Waals surface area contributed by atoms with Crippen LogP contribution in [0.3, 0.4) is 0 Å². The fraction of sp³-hybridized carbons (Fsp3) is 0.400. The van der Waals surface area contributed by atoms with Gasteiger partial charge < -0.3 is 30.0 Å². The number of aromatic nitrogens is 4. The van der Waals surface area contributed by atoms with Crippen LogP contribution in [0.5, 0.6) is 0 Å². The molecule has 14 heteroatoms. The number of carbonyl (C=O) groups excluding carboxylic acids is 3. The predicted octanol–water partition coefficient (Wildman–Crippen LogP) is 6.39. The SMILES string of the molecule is C#C.C=N/C(=C\NCCN(CCC)C(=O)[C@H](C)NC(=O)OC)c1cnc(-c2ccc(-c3cnc([C@@H]4CCCN4C)[nH]3)cc2)nc1.CCN(CC)[C@@H](C=O)c1ccccc1. The molecular weight excluding hydrogens is 745 g/mol. The van der Waals surface area contributed by atoms with Crippen LogP contribution in [-0.2, 0) is 14.3 Å². The summed E-state index contributed by atoms with van der Waals surface area (Å²) >= 11 is 0. The average Bonchev–Trinajstić information content (AvgIpc) is 3.95. The lowest BCUT2D eigenvalue weighted by atomic mass is 10.1. The maximum Gasteiger partial charge on any atom is 0.407 e. The number of aliphatic imine (C=N–C) groups is 1. The number of aromatic amines is 1. The minimum Gasteiger partial charge on any atom is -0.453 e. The number of rotatable bonds is 18. The summed E-state index contributed by atoms with van der Waals surface area (Å²) in [7, 11) is 3.41. The Morgan fingerprint density at radius 3 is 2.24 bits per heavy atom. The summed E-state index contributed by atoms with van der Waals surface area (Å²) in [5, 5.41) is 5.71. The monoisotopic (exact) mass is 804 g/mol. The van der Waals surface area contributed by atoms with Crippen molar-refractivity contribution < 1.29 is 19.1 Å². The standard InChI is InChI=1S/C31H41N9O3.C12H17NO.C2H2/c1-6-14-40(30(41)21(2)37-31(42)43-5)16-13-33-19-25(32-3)24-17-34-28(35-18-24)23-11-9-22(10-12-23)26-20-36-29(38-26)27-8-7-15-39(27)4;1-3-13(4-2)12(10-14)11-8-6-5-7-9-11;1-2/h9-12,17-21,27,33H,3,6-8,13-16H2,1-2,4-5H3,(H,36,38)(H,37,42);5-10,12H,3-4H2,1-2H3;1-2H/b25-19-;;/t21-,27-;12-;/m00./s1. The first-order valence-corrected chi connectivity index (χ1v) is 20.0. The number of hydrogen-bond acceptors (Lipinski definition) is 11. The topological polar surface area (TPSA) is 161 Å². The van der Waals surface area contributed by atoms with Crippen molar-refractivity contribution in [2.75, 3.05) is 53.4 Å². The van der Waals surface area contributed by atoms with Gasteiger partial charge in [-0.2, -0.15) is 0 Å². The smallest absolute Gasteiger partial charge is 0.407 e. The molecule has 3 atom stereocenters. The van der Waals surface area contributed by atoms with E-state index in [1.165, 1.54) is 13.5 Å². The fourth-order valence-corrected chi connectivity index (χ4v) is 6.72. The number of imidazole rings is 1. The van der Waals surface area contributed by atoms with E-state index in [9.17, 15) is 14.4 Å². The number of likely N-dealkylation sites (tertiary alicyclic amines) is 1. The predicted molar refractivity (Wildman–Crippen MR) is 235 cm³/mol. The maximum absolute atomic E-state index is 12.8. The zero-order chi connectivity index (χ0) is 43.2. The fourth-order valence-electron chi connectivity index (χ4n) is 6.72. The van der Waals surface area contributed by atoms with E-state index in [0.717, 1.165) is 67.0 Å². The summed E-state index contributed by atoms with van der Waals surface area (Å²) in [5.41, 5.74) is 5.32. The number of H-pyrrole nitrogens is 1. The zero-order valence-corrected chi connectivity index (χ0v) is 35.3. The van der Waals surface area contributed by atoms with Gasteiger partial charge >= 0.3 is 6.09 Å². The molecule has 59 heavy (non-hydrogen) atoms. The van der Waals surface area contributed by atoms with E-state index in [2.05, 4.69) is 90.6 Å². The molecule has 4 aromatic rings. The van der Waals surface area contributed by atoms with Crippen molar-refractivity contribution in [2.45, 2.75) is 65.1 Å². The Bertz CT molecular complexity index is 1930. The van der Waals surface area contributed by atoms with Crippen LogP contribution in [0, 0.1) is 12.8 Å². The summed E-state index contributed by atoms with van der Waals surface area (Å²) in [4.78, 5) is 62.8. The van der Waals surface area contributed by atoms with Gasteiger partial charge in [-0.05, 0) is 70.7 Å². The third-order valence-corrected chi connectivity index (χ3v) is 9.94. The largest absolute Gasteiger partial charge is 0.453 e. The number of benzene rings is 2. The van der Waals surface area contributed by atoms with Gasteiger partial charge in [0, 0.05) is 49.4 Å². The molecule has 2 amide bonds. The van der Waals surface area contributed by atoms with Gasteiger partial charge in [0.15, 0.2) is 5.82 Å². The second kappa shape index (κ2) is 25.2. The molecule has 1 aliphatic heterocycles. The van der Waals surface area contributed by atoms with Crippen molar-refractivity contribution in [1.29, 1.82) is 0 Å². The molecule has 2 aromatic carbocycles. The quantitative estimate of drug-likeness (QED) is 0.0445. The maximum atomic E-state index is 12.8. The first-order chi connectivity index (χ1) is 28.7. The second-order valence-corrected chi connectivity index (χ2v) is 13.7. The van der Waals surface area contributed by atoms with Crippen molar-refractivity contribution in [3.05, 3.63) is 96.3 Å². The first kappa shape index (κ1) is 47.2. The molecule has 0 bridgehead atoms. The van der Waals surface area contributed by atoms with E-state index >= 15 is 0 Å². The van der Waals surface area contributed by atoms with Crippen LogP contribution >= 0.6 is 0 Å². The Balaban J connectivity index is 0.000000489. The van der Waals surface area contributed by atoms with Gasteiger partial charge in [-0.15, -0.1) is 12.8 Å². The molecule has 0 spiro atoms. The number of methoxy groups -OCH3 is 1. The molecule has 3 heterocycles. The third kappa shape index (κ3) is 13.7. The zero-order valence-electron chi connectivity index (χ0n) is 35.3. The highest BCUT2D eigenvalue weighted by Crippen LogP contribution is 2.30. The van der Waals surface area contributed by atoms with Crippen molar-refractivity contribution in [3.63, 3.8) is 0 Å². The number of terminal acetylenes is 1. The van der Waals surface area contributed by atoms with Crippen LogP contribution in [-0.4, -0.2) is 119 Å². The minimum absolute atomic E-state index is 0.0915. The molecule has 1 aliphatic rings. The van der Waals surface area contributed by atoms with Gasteiger partial charge in [-0.3, -0.25) is 19.6 Å². The molecule has 0 aliphatic carbocycles. The molecule has 1 fully saturated rings. The van der Waals surface area contributed by atoms with Crippen molar-refractivity contribution in [3.8, 4) is 35.5 Å². The van der Waals surface area contributed by atoms with Crippen molar-refractivity contribution >= 4 is 30.7 Å². The number of likely N-dealkylation sites (N-methyl/N-ethyl adjacent to an activating group) is 1. The summed E-state index contributed by atoms with van der Waals surface area (Å²) in [6, 6.07) is 17.6. The Labute approximate surface area is 349 Å². The minimum atomic E-state index is -0.686. The van der Waals surface area contributed by atoms with Crippen LogP contribution in [0.4, 0.5) is 4.79 Å². The van der Waals surface area contributed by atoms with Gasteiger partial charge in [0.1, 0.15) is 18.2 Å². The second-order valence-electron chi connectivity index (χ2n) is 13.7. The number of nitrogens with zero attached hydrogens (tertiary/aromatic N) is 7. The molecule has 0 radical (unpaired) electrons. The molecule has 5 rings (SSSR count). The Kier molecular flexibility index (Phi) is 20.2. The molecule has 0 saturated carbocycles. The lowest BCUT2D eigenvalue weighted by Crippen LogP contribution is -2.48. The van der Waals surface area contributed by atoms with E-state index in [4.69, 9.17) is 0 Å². The number of carbonyl (C=O) groups is 3. The number of nitrogens with one attached hydrogen (secondary N) is 3. The summed E-state index contributed by atoms with van der Waals surface area (Å²) < 4.78 is 4.59. The molecule has 2 aromatic heterocycles. The lowest BCUT2D eigenvalue weighted by Gasteiger charge is -2.25. The number of alkyl carbamates (subject to hydrolysis) is 1. The Morgan fingerprint density at radius 2 is 1.68 bits per heavy atom. The molecular formula is C45H60N10O4.